The number of nitrogens with one attached hydrogen (secondary N) is 1. The number of halogens is 1. The third-order valence-electron chi connectivity index (χ3n) is 2.98. The Kier molecular flexibility index (Phi) is 6.84. The third-order valence-corrected chi connectivity index (χ3v) is 2.98. The van der Waals surface area contributed by atoms with Crippen molar-refractivity contribution >= 4 is 17.3 Å². The van der Waals surface area contributed by atoms with Crippen LogP contribution in [0.5, 0.6) is 0 Å². The molecule has 0 aliphatic carbocycles. The maximum Gasteiger partial charge on any atom is 0.340 e. The SMILES string of the molecule is CCCCCCNc1cc(C(=O)OCC)c(N)cc1F. The van der Waals surface area contributed by atoms with Crippen molar-refractivity contribution in [3.63, 3.8) is 0 Å². The van der Waals surface area contributed by atoms with Crippen LogP contribution in [-0.2, 0) is 4.74 Å². The van der Waals surface area contributed by atoms with Gasteiger partial charge in [-0.3, -0.25) is 0 Å². The van der Waals surface area contributed by atoms with E-state index in [-0.39, 0.29) is 17.9 Å². The fourth-order valence-corrected chi connectivity index (χ4v) is 1.88. The van der Waals surface area contributed by atoms with E-state index in [0.29, 0.717) is 12.2 Å². The summed E-state index contributed by atoms with van der Waals surface area (Å²) in [7, 11) is 0. The average molecular weight is 282 g/mol. The summed E-state index contributed by atoms with van der Waals surface area (Å²) in [5.41, 5.74) is 6.23. The van der Waals surface area contributed by atoms with Crippen LogP contribution in [0.15, 0.2) is 12.1 Å². The fraction of sp³-hybridized carbons (Fsp3) is 0.533. The second kappa shape index (κ2) is 8.40. The number of carbonyl (C=O) groups excluding carboxylic acids is 1. The van der Waals surface area contributed by atoms with Crippen LogP contribution in [-0.4, -0.2) is 19.1 Å². The third kappa shape index (κ3) is 4.72. The van der Waals surface area contributed by atoms with Crippen LogP contribution in [0.25, 0.3) is 0 Å². The van der Waals surface area contributed by atoms with Gasteiger partial charge in [0.2, 0.25) is 0 Å². The van der Waals surface area contributed by atoms with Crippen LogP contribution >= 0.6 is 0 Å². The lowest BCUT2D eigenvalue weighted by molar-refractivity contribution is 0.0527. The standard InChI is InChI=1S/C15H23FN2O2/c1-3-5-6-7-8-18-14-9-11(15(19)20-4-2)13(17)10-12(14)16/h9-10,18H,3-8,17H2,1-2H3. The van der Waals surface area contributed by atoms with Gasteiger partial charge in [0.15, 0.2) is 0 Å². The Morgan fingerprint density at radius 2 is 2.05 bits per heavy atom. The highest BCUT2D eigenvalue weighted by Crippen LogP contribution is 2.23. The zero-order valence-corrected chi connectivity index (χ0v) is 12.2. The highest BCUT2D eigenvalue weighted by molar-refractivity contribution is 5.96. The first-order valence-electron chi connectivity index (χ1n) is 7.10. The number of anilines is 2. The van der Waals surface area contributed by atoms with Gasteiger partial charge in [-0.25, -0.2) is 9.18 Å². The highest BCUT2D eigenvalue weighted by Gasteiger charge is 2.14. The van der Waals surface area contributed by atoms with Gasteiger partial charge in [-0.1, -0.05) is 26.2 Å². The van der Waals surface area contributed by atoms with Crippen LogP contribution in [0.1, 0.15) is 49.9 Å². The molecule has 0 fully saturated rings. The first kappa shape index (κ1) is 16.3. The predicted octanol–water partition coefficient (Wildman–Crippen LogP) is 3.58. The Morgan fingerprint density at radius 1 is 1.30 bits per heavy atom. The van der Waals surface area contributed by atoms with Crippen molar-refractivity contribution in [2.24, 2.45) is 0 Å². The minimum atomic E-state index is -0.529. The molecule has 3 N–H and O–H groups in total. The van der Waals surface area contributed by atoms with Gasteiger partial charge in [0, 0.05) is 12.2 Å². The zero-order chi connectivity index (χ0) is 15.0. The molecule has 0 saturated carbocycles. The summed E-state index contributed by atoms with van der Waals surface area (Å²) >= 11 is 0. The van der Waals surface area contributed by atoms with E-state index in [9.17, 15) is 9.18 Å². The molecule has 0 aliphatic rings. The largest absolute Gasteiger partial charge is 0.462 e. The quantitative estimate of drug-likeness (QED) is 0.434. The van der Waals surface area contributed by atoms with Crippen molar-refractivity contribution in [2.45, 2.75) is 39.5 Å². The lowest BCUT2D eigenvalue weighted by Crippen LogP contribution is -2.11. The molecule has 1 aromatic carbocycles. The number of nitrogens with two attached hydrogens (primary N) is 1. The molecule has 0 saturated heterocycles. The number of rotatable bonds is 8. The number of unbranched alkanes of at least 4 members (excludes halogenated alkanes) is 3. The van der Waals surface area contributed by atoms with E-state index in [0.717, 1.165) is 25.3 Å². The molecule has 1 rings (SSSR count). The Bertz CT molecular complexity index is 450. The lowest BCUT2D eigenvalue weighted by Gasteiger charge is -2.11. The monoisotopic (exact) mass is 282 g/mol. The van der Waals surface area contributed by atoms with Gasteiger partial charge in [0.05, 0.1) is 17.9 Å². The van der Waals surface area contributed by atoms with Gasteiger partial charge in [-0.15, -0.1) is 0 Å². The van der Waals surface area contributed by atoms with Gasteiger partial charge in [0.1, 0.15) is 5.82 Å². The molecule has 0 radical (unpaired) electrons. The zero-order valence-electron chi connectivity index (χ0n) is 12.2. The Hall–Kier alpha value is -1.78. The van der Waals surface area contributed by atoms with Gasteiger partial charge >= 0.3 is 5.97 Å². The first-order chi connectivity index (χ1) is 9.60. The number of carbonyl (C=O) groups is 1. The number of esters is 1. The molecule has 4 nitrogen and oxygen atoms in total. The average Bonchev–Trinajstić information content (AvgIpc) is 2.40. The first-order valence-corrected chi connectivity index (χ1v) is 7.10. The summed E-state index contributed by atoms with van der Waals surface area (Å²) in [4.78, 5) is 11.7. The Balaban J connectivity index is 2.70. The molecule has 112 valence electrons. The minimum absolute atomic E-state index is 0.0949. The maximum atomic E-state index is 13.8. The fourth-order valence-electron chi connectivity index (χ4n) is 1.88. The molecule has 1 aromatic rings. The number of ether oxygens (including phenoxy) is 1. The van der Waals surface area contributed by atoms with Crippen molar-refractivity contribution in [2.75, 3.05) is 24.2 Å². The van der Waals surface area contributed by atoms with Crippen molar-refractivity contribution in [1.82, 2.24) is 0 Å². The Labute approximate surface area is 119 Å². The molecule has 0 heterocycles. The summed E-state index contributed by atoms with van der Waals surface area (Å²) in [5.74, 6) is -0.981. The summed E-state index contributed by atoms with van der Waals surface area (Å²) in [5, 5.41) is 3.00. The van der Waals surface area contributed by atoms with Crippen LogP contribution in [0.4, 0.5) is 15.8 Å². The molecule has 0 aromatic heterocycles. The highest BCUT2D eigenvalue weighted by atomic mass is 19.1. The summed E-state index contributed by atoms with van der Waals surface area (Å²) in [6.07, 6.45) is 4.39. The van der Waals surface area contributed by atoms with Crippen LogP contribution in [0.3, 0.4) is 0 Å². The van der Waals surface area contributed by atoms with Gasteiger partial charge in [0.25, 0.3) is 0 Å². The maximum absolute atomic E-state index is 13.8. The van der Waals surface area contributed by atoms with E-state index in [4.69, 9.17) is 10.5 Å². The molecule has 0 atom stereocenters. The molecule has 0 amide bonds. The van der Waals surface area contributed by atoms with Crippen LogP contribution < -0.4 is 11.1 Å². The van der Waals surface area contributed by atoms with E-state index >= 15 is 0 Å². The van der Waals surface area contributed by atoms with Gasteiger partial charge < -0.3 is 15.8 Å². The van der Waals surface area contributed by atoms with Gasteiger partial charge in [-0.2, -0.15) is 0 Å². The Morgan fingerprint density at radius 3 is 2.70 bits per heavy atom. The van der Waals surface area contributed by atoms with Crippen LogP contribution in [0, 0.1) is 5.82 Å². The summed E-state index contributed by atoms with van der Waals surface area (Å²) in [6, 6.07) is 2.57. The molecule has 20 heavy (non-hydrogen) atoms. The topological polar surface area (TPSA) is 64.3 Å². The van der Waals surface area contributed by atoms with Crippen LogP contribution in [0.2, 0.25) is 0 Å². The van der Waals surface area contributed by atoms with Crippen molar-refractivity contribution < 1.29 is 13.9 Å². The normalized spacial score (nSPS) is 10.3. The van der Waals surface area contributed by atoms with E-state index in [1.165, 1.54) is 12.5 Å². The predicted molar refractivity (Wildman–Crippen MR) is 79.4 cm³/mol. The van der Waals surface area contributed by atoms with E-state index in [1.54, 1.807) is 6.92 Å². The van der Waals surface area contributed by atoms with Crippen molar-refractivity contribution in [3.05, 3.63) is 23.5 Å². The molecule has 0 unspecified atom stereocenters. The summed E-state index contributed by atoms with van der Waals surface area (Å²) in [6.45, 7) is 4.78. The molecule has 0 aliphatic heterocycles. The van der Waals surface area contributed by atoms with Crippen molar-refractivity contribution in [1.29, 1.82) is 0 Å². The molecular weight excluding hydrogens is 259 g/mol. The van der Waals surface area contributed by atoms with E-state index in [2.05, 4.69) is 12.2 Å². The molecular formula is C15H23FN2O2. The second-order valence-corrected chi connectivity index (χ2v) is 4.63. The molecule has 0 bridgehead atoms. The second-order valence-electron chi connectivity index (χ2n) is 4.63. The van der Waals surface area contributed by atoms with Gasteiger partial charge in [-0.05, 0) is 25.5 Å². The van der Waals surface area contributed by atoms with E-state index < -0.39 is 11.8 Å². The lowest BCUT2D eigenvalue weighted by atomic mass is 10.1. The number of benzene rings is 1. The smallest absolute Gasteiger partial charge is 0.340 e. The number of nitrogen functional groups attached to an aromatic ring is 1. The number of hydrogen-bond donors (Lipinski definition) is 2. The molecule has 0 spiro atoms. The summed E-state index contributed by atoms with van der Waals surface area (Å²) < 4.78 is 18.7. The number of hydrogen-bond acceptors (Lipinski definition) is 4. The molecule has 5 heteroatoms. The van der Waals surface area contributed by atoms with Crippen molar-refractivity contribution in [3.8, 4) is 0 Å². The van der Waals surface area contributed by atoms with E-state index in [1.807, 2.05) is 0 Å². The minimum Gasteiger partial charge on any atom is -0.462 e.